The highest BCUT2D eigenvalue weighted by Crippen LogP contribution is 2.12. The van der Waals surface area contributed by atoms with Gasteiger partial charge in [0.05, 0.1) is 0 Å². The van der Waals surface area contributed by atoms with Crippen LogP contribution in [-0.4, -0.2) is 18.1 Å². The van der Waals surface area contributed by atoms with Crippen LogP contribution in [0.4, 0.5) is 0 Å². The van der Waals surface area contributed by atoms with E-state index in [1.807, 2.05) is 45.0 Å². The molecule has 0 fully saturated rings. The molecule has 0 spiro atoms. The Morgan fingerprint density at radius 2 is 2.12 bits per heavy atom. The second kappa shape index (κ2) is 5.68. The second-order valence-corrected chi connectivity index (χ2v) is 4.94. The van der Waals surface area contributed by atoms with E-state index in [4.69, 9.17) is 10.5 Å². The SMILES string of the molecule is CC(C)(C)NC(=O)COc1cccc(CN)c1. The topological polar surface area (TPSA) is 64.3 Å². The second-order valence-electron chi connectivity index (χ2n) is 4.94. The predicted octanol–water partition coefficient (Wildman–Crippen LogP) is 1.44. The van der Waals surface area contributed by atoms with Crippen molar-refractivity contribution in [3.05, 3.63) is 29.8 Å². The van der Waals surface area contributed by atoms with Crippen LogP contribution in [0.15, 0.2) is 24.3 Å². The zero-order valence-electron chi connectivity index (χ0n) is 10.6. The molecule has 0 radical (unpaired) electrons. The molecule has 17 heavy (non-hydrogen) atoms. The fourth-order valence-electron chi connectivity index (χ4n) is 1.37. The lowest BCUT2D eigenvalue weighted by molar-refractivity contribution is -0.124. The quantitative estimate of drug-likeness (QED) is 0.831. The molecule has 1 aromatic rings. The number of amides is 1. The highest BCUT2D eigenvalue weighted by atomic mass is 16.5. The average Bonchev–Trinajstić information content (AvgIpc) is 2.24. The van der Waals surface area contributed by atoms with Gasteiger partial charge in [0, 0.05) is 12.1 Å². The minimum atomic E-state index is -0.237. The number of carbonyl (C=O) groups is 1. The minimum Gasteiger partial charge on any atom is -0.484 e. The van der Waals surface area contributed by atoms with Gasteiger partial charge in [-0.3, -0.25) is 4.79 Å². The lowest BCUT2D eigenvalue weighted by Crippen LogP contribution is -2.43. The highest BCUT2D eigenvalue weighted by Gasteiger charge is 2.13. The number of ether oxygens (including phenoxy) is 1. The first-order valence-corrected chi connectivity index (χ1v) is 5.63. The molecular weight excluding hydrogens is 216 g/mol. The van der Waals surface area contributed by atoms with E-state index in [0.717, 1.165) is 5.56 Å². The van der Waals surface area contributed by atoms with E-state index in [2.05, 4.69) is 5.32 Å². The first-order valence-electron chi connectivity index (χ1n) is 5.63. The molecule has 0 aromatic heterocycles. The maximum Gasteiger partial charge on any atom is 0.258 e. The lowest BCUT2D eigenvalue weighted by Gasteiger charge is -2.20. The third-order valence-electron chi connectivity index (χ3n) is 2.02. The molecule has 1 amide bonds. The Morgan fingerprint density at radius 3 is 2.71 bits per heavy atom. The molecule has 3 N–H and O–H groups in total. The van der Waals surface area contributed by atoms with Crippen molar-refractivity contribution in [1.29, 1.82) is 0 Å². The van der Waals surface area contributed by atoms with Crippen LogP contribution in [0.3, 0.4) is 0 Å². The number of nitrogens with two attached hydrogens (primary N) is 1. The molecule has 0 aliphatic heterocycles. The van der Waals surface area contributed by atoms with Crippen LogP contribution in [0.5, 0.6) is 5.75 Å². The van der Waals surface area contributed by atoms with Crippen molar-refractivity contribution in [2.75, 3.05) is 6.61 Å². The maximum absolute atomic E-state index is 11.5. The lowest BCUT2D eigenvalue weighted by atomic mass is 10.1. The van der Waals surface area contributed by atoms with Crippen LogP contribution in [0, 0.1) is 0 Å². The van der Waals surface area contributed by atoms with Crippen molar-refractivity contribution in [2.24, 2.45) is 5.73 Å². The number of hydrogen-bond donors (Lipinski definition) is 2. The number of rotatable bonds is 4. The molecule has 1 aromatic carbocycles. The van der Waals surface area contributed by atoms with Crippen LogP contribution in [0.1, 0.15) is 26.3 Å². The molecule has 0 saturated heterocycles. The van der Waals surface area contributed by atoms with Gasteiger partial charge in [-0.2, -0.15) is 0 Å². The molecule has 1 rings (SSSR count). The van der Waals surface area contributed by atoms with Gasteiger partial charge in [-0.05, 0) is 38.5 Å². The molecule has 0 saturated carbocycles. The summed E-state index contributed by atoms with van der Waals surface area (Å²) in [4.78, 5) is 11.5. The van der Waals surface area contributed by atoms with E-state index < -0.39 is 0 Å². The third kappa shape index (κ3) is 5.36. The van der Waals surface area contributed by atoms with Crippen molar-refractivity contribution in [2.45, 2.75) is 32.9 Å². The summed E-state index contributed by atoms with van der Waals surface area (Å²) in [5, 5.41) is 2.83. The Labute approximate surface area is 102 Å². The summed E-state index contributed by atoms with van der Waals surface area (Å²) in [7, 11) is 0. The average molecular weight is 236 g/mol. The molecular formula is C13H20N2O2. The van der Waals surface area contributed by atoms with Crippen LogP contribution < -0.4 is 15.8 Å². The molecule has 4 nitrogen and oxygen atoms in total. The summed E-state index contributed by atoms with van der Waals surface area (Å²) in [5.41, 5.74) is 6.27. The molecule has 4 heteroatoms. The molecule has 0 bridgehead atoms. The van der Waals surface area contributed by atoms with Crippen molar-refractivity contribution >= 4 is 5.91 Å². The van der Waals surface area contributed by atoms with Gasteiger partial charge >= 0.3 is 0 Å². The Morgan fingerprint density at radius 1 is 1.41 bits per heavy atom. The molecule has 0 unspecified atom stereocenters. The van der Waals surface area contributed by atoms with Crippen LogP contribution >= 0.6 is 0 Å². The van der Waals surface area contributed by atoms with Crippen molar-refractivity contribution < 1.29 is 9.53 Å². The van der Waals surface area contributed by atoms with Crippen LogP contribution in [-0.2, 0) is 11.3 Å². The fourth-order valence-corrected chi connectivity index (χ4v) is 1.37. The Bertz CT molecular complexity index is 383. The number of benzene rings is 1. The van der Waals surface area contributed by atoms with Gasteiger partial charge in [-0.1, -0.05) is 12.1 Å². The normalized spacial score (nSPS) is 11.1. The predicted molar refractivity (Wildman–Crippen MR) is 67.7 cm³/mol. The van der Waals surface area contributed by atoms with E-state index in [1.165, 1.54) is 0 Å². The van der Waals surface area contributed by atoms with Crippen molar-refractivity contribution in [1.82, 2.24) is 5.32 Å². The Kier molecular flexibility index (Phi) is 4.52. The minimum absolute atomic E-state index is 0.0191. The first-order chi connectivity index (χ1) is 7.90. The number of nitrogens with one attached hydrogen (secondary N) is 1. The summed E-state index contributed by atoms with van der Waals surface area (Å²) in [6.07, 6.45) is 0. The van der Waals surface area contributed by atoms with Gasteiger partial charge in [0.2, 0.25) is 0 Å². The summed E-state index contributed by atoms with van der Waals surface area (Å²) in [6.45, 7) is 6.27. The highest BCUT2D eigenvalue weighted by molar-refractivity contribution is 5.78. The first kappa shape index (κ1) is 13.5. The van der Waals surface area contributed by atoms with Crippen LogP contribution in [0.2, 0.25) is 0 Å². The van der Waals surface area contributed by atoms with Crippen molar-refractivity contribution in [3.8, 4) is 5.75 Å². The molecule has 0 aliphatic rings. The zero-order chi connectivity index (χ0) is 12.9. The van der Waals surface area contributed by atoms with E-state index in [9.17, 15) is 4.79 Å². The molecule has 0 heterocycles. The van der Waals surface area contributed by atoms with Gasteiger partial charge in [0.25, 0.3) is 5.91 Å². The summed E-state index contributed by atoms with van der Waals surface area (Å²) in [5.74, 6) is 0.535. The largest absolute Gasteiger partial charge is 0.484 e. The van der Waals surface area contributed by atoms with E-state index >= 15 is 0 Å². The molecule has 0 atom stereocenters. The summed E-state index contributed by atoms with van der Waals surface area (Å²) < 4.78 is 5.39. The van der Waals surface area contributed by atoms with Gasteiger partial charge in [0.1, 0.15) is 5.75 Å². The summed E-state index contributed by atoms with van der Waals surface area (Å²) in [6, 6.07) is 7.43. The maximum atomic E-state index is 11.5. The molecule has 0 aliphatic carbocycles. The monoisotopic (exact) mass is 236 g/mol. The van der Waals surface area contributed by atoms with Crippen LogP contribution in [0.25, 0.3) is 0 Å². The van der Waals surface area contributed by atoms with Gasteiger partial charge < -0.3 is 15.8 Å². The summed E-state index contributed by atoms with van der Waals surface area (Å²) >= 11 is 0. The van der Waals surface area contributed by atoms with Gasteiger partial charge in [-0.25, -0.2) is 0 Å². The van der Waals surface area contributed by atoms with Crippen molar-refractivity contribution in [3.63, 3.8) is 0 Å². The van der Waals surface area contributed by atoms with E-state index in [-0.39, 0.29) is 18.1 Å². The Hall–Kier alpha value is -1.55. The number of carbonyl (C=O) groups excluding carboxylic acids is 1. The van der Waals surface area contributed by atoms with Gasteiger partial charge in [-0.15, -0.1) is 0 Å². The van der Waals surface area contributed by atoms with Gasteiger partial charge in [0.15, 0.2) is 6.61 Å². The zero-order valence-corrected chi connectivity index (χ0v) is 10.6. The third-order valence-corrected chi connectivity index (χ3v) is 2.02. The van der Waals surface area contributed by atoms with E-state index in [0.29, 0.717) is 12.3 Å². The molecule has 94 valence electrons. The Balaban J connectivity index is 2.47. The van der Waals surface area contributed by atoms with E-state index in [1.54, 1.807) is 0 Å². The fraction of sp³-hybridized carbons (Fsp3) is 0.462. The standard InChI is InChI=1S/C13H20N2O2/c1-13(2,3)15-12(16)9-17-11-6-4-5-10(7-11)8-14/h4-7H,8-9,14H2,1-3H3,(H,15,16). The smallest absolute Gasteiger partial charge is 0.258 e. The number of hydrogen-bond acceptors (Lipinski definition) is 3.